The molecule has 1 aliphatic carbocycles. The fourth-order valence-electron chi connectivity index (χ4n) is 4.86. The molecule has 0 radical (unpaired) electrons. The van der Waals surface area contributed by atoms with E-state index in [1.54, 1.807) is 33.6 Å². The van der Waals surface area contributed by atoms with E-state index in [0.29, 0.717) is 35.6 Å². The van der Waals surface area contributed by atoms with Crippen molar-refractivity contribution in [3.63, 3.8) is 0 Å². The van der Waals surface area contributed by atoms with Gasteiger partial charge in [0.05, 0.1) is 17.5 Å². The van der Waals surface area contributed by atoms with Crippen LogP contribution < -0.4 is 10.4 Å². The Morgan fingerprint density at radius 3 is 2.29 bits per heavy atom. The number of fused-ring (bicyclic) bond motifs is 1. The average Bonchev–Trinajstić information content (AvgIpc) is 3.19. The third kappa shape index (κ3) is 5.96. The van der Waals surface area contributed by atoms with Crippen LogP contribution in [0.5, 0.6) is 11.5 Å². The van der Waals surface area contributed by atoms with E-state index in [-0.39, 0.29) is 23.9 Å². The van der Waals surface area contributed by atoms with Gasteiger partial charge < -0.3 is 19.3 Å². The number of aromatic nitrogens is 3. The largest absolute Gasteiger partial charge is 0.457 e. The number of aliphatic imine (C=N–C) groups is 1. The molecule has 10 heteroatoms. The van der Waals surface area contributed by atoms with E-state index >= 15 is 0 Å². The minimum atomic E-state index is -0.572. The van der Waals surface area contributed by atoms with Crippen molar-refractivity contribution in [2.45, 2.75) is 51.3 Å². The number of carbonyl (C=O) groups excluding carboxylic acids is 1. The van der Waals surface area contributed by atoms with Crippen LogP contribution in [-0.4, -0.2) is 69.1 Å². The first-order valence-electron chi connectivity index (χ1n) is 13.6. The fraction of sp³-hybridized carbons (Fsp3) is 0.355. The third-order valence-corrected chi connectivity index (χ3v) is 6.93. The molecule has 1 aliphatic rings. The zero-order valence-corrected chi connectivity index (χ0v) is 24.3. The van der Waals surface area contributed by atoms with Crippen LogP contribution in [0.1, 0.15) is 39.7 Å². The second kappa shape index (κ2) is 11.1. The van der Waals surface area contributed by atoms with Crippen molar-refractivity contribution in [3.05, 3.63) is 77.3 Å². The number of nitrogens with zero attached hydrogens (tertiary/aromatic N) is 6. The van der Waals surface area contributed by atoms with E-state index in [2.05, 4.69) is 9.98 Å². The first-order chi connectivity index (χ1) is 19.5. The van der Waals surface area contributed by atoms with Crippen LogP contribution in [0.3, 0.4) is 0 Å². The molecule has 1 saturated carbocycles. The van der Waals surface area contributed by atoms with Crippen LogP contribution in [-0.2, 0) is 4.74 Å². The van der Waals surface area contributed by atoms with Crippen molar-refractivity contribution in [2.75, 3.05) is 21.1 Å². The van der Waals surface area contributed by atoms with Crippen LogP contribution in [0.25, 0.3) is 16.7 Å². The molecule has 2 aromatic carbocycles. The summed E-state index contributed by atoms with van der Waals surface area (Å²) >= 11 is 0. The van der Waals surface area contributed by atoms with Gasteiger partial charge in [-0.3, -0.25) is 9.13 Å². The Morgan fingerprint density at radius 1 is 1.00 bits per heavy atom. The zero-order chi connectivity index (χ0) is 29.3. The van der Waals surface area contributed by atoms with Crippen molar-refractivity contribution < 1.29 is 14.3 Å². The quantitative estimate of drug-likeness (QED) is 0.212. The highest BCUT2D eigenvalue weighted by molar-refractivity contribution is 5.88. The van der Waals surface area contributed by atoms with Gasteiger partial charge in [0.25, 0.3) is 0 Å². The highest BCUT2D eigenvalue weighted by Crippen LogP contribution is 2.38. The molecule has 0 aliphatic heterocycles. The van der Waals surface area contributed by atoms with Crippen molar-refractivity contribution >= 4 is 29.3 Å². The van der Waals surface area contributed by atoms with Gasteiger partial charge in [-0.1, -0.05) is 18.2 Å². The Hall–Kier alpha value is -4.60. The summed E-state index contributed by atoms with van der Waals surface area (Å²) in [7, 11) is 5.50. The predicted molar refractivity (Wildman–Crippen MR) is 160 cm³/mol. The molecule has 41 heavy (non-hydrogen) atoms. The van der Waals surface area contributed by atoms with Gasteiger partial charge in [-0.2, -0.15) is 0 Å². The summed E-state index contributed by atoms with van der Waals surface area (Å²) < 4.78 is 15.0. The van der Waals surface area contributed by atoms with Gasteiger partial charge in [-0.15, -0.1) is 0 Å². The second-order valence-electron chi connectivity index (χ2n) is 11.5. The standard InChI is InChI=1S/C31H36N6O4/c1-31(2,3)41-30(39)35(6)22-18-23(19-22)36-26-16-17-32-28(33-20-34(4)5)27(26)37(29(36)38)21-12-14-25(15-13-21)40-24-10-8-7-9-11-24/h7-17,20,22-23H,18-19H2,1-6H3. The molecule has 0 spiro atoms. The van der Waals surface area contributed by atoms with Gasteiger partial charge in [0.1, 0.15) is 22.6 Å². The van der Waals surface area contributed by atoms with Gasteiger partial charge >= 0.3 is 11.8 Å². The maximum Gasteiger partial charge on any atom is 0.410 e. The number of pyridine rings is 1. The number of amides is 1. The molecule has 0 atom stereocenters. The Kier molecular flexibility index (Phi) is 7.57. The van der Waals surface area contributed by atoms with Crippen molar-refractivity contribution in [1.82, 2.24) is 23.9 Å². The summed E-state index contributed by atoms with van der Waals surface area (Å²) in [5.74, 6) is 1.83. The van der Waals surface area contributed by atoms with E-state index in [0.717, 1.165) is 11.3 Å². The molecule has 0 bridgehead atoms. The fourth-order valence-corrected chi connectivity index (χ4v) is 4.86. The van der Waals surface area contributed by atoms with Crippen LogP contribution >= 0.6 is 0 Å². The van der Waals surface area contributed by atoms with E-state index in [1.165, 1.54) is 0 Å². The predicted octanol–water partition coefficient (Wildman–Crippen LogP) is 5.77. The third-order valence-electron chi connectivity index (χ3n) is 6.93. The number of carbonyl (C=O) groups is 1. The second-order valence-corrected chi connectivity index (χ2v) is 11.5. The molecule has 4 aromatic rings. The van der Waals surface area contributed by atoms with Gasteiger partial charge in [-0.05, 0) is 76.1 Å². The lowest BCUT2D eigenvalue weighted by molar-refractivity contribution is 0.00786. The normalized spacial score (nSPS) is 16.9. The molecule has 1 fully saturated rings. The summed E-state index contributed by atoms with van der Waals surface area (Å²) in [5, 5.41) is 0. The first-order valence-corrected chi connectivity index (χ1v) is 13.6. The molecular weight excluding hydrogens is 520 g/mol. The molecule has 5 rings (SSSR count). The number of hydrogen-bond acceptors (Lipinski definition) is 6. The molecular formula is C31H36N6O4. The Bertz CT molecular complexity index is 1610. The monoisotopic (exact) mass is 556 g/mol. The summed E-state index contributed by atoms with van der Waals surface area (Å²) in [4.78, 5) is 39.2. The molecule has 0 N–H and O–H groups in total. The van der Waals surface area contributed by atoms with Gasteiger partial charge in [0.15, 0.2) is 5.82 Å². The van der Waals surface area contributed by atoms with Crippen LogP contribution in [0.2, 0.25) is 0 Å². The van der Waals surface area contributed by atoms with Crippen LogP contribution in [0.4, 0.5) is 10.6 Å². The minimum absolute atomic E-state index is 0.0253. The molecule has 0 unspecified atom stereocenters. The zero-order valence-electron chi connectivity index (χ0n) is 24.3. The lowest BCUT2D eigenvalue weighted by atomic mass is 9.85. The summed E-state index contributed by atoms with van der Waals surface area (Å²) in [6.07, 6.45) is 4.25. The van der Waals surface area contributed by atoms with E-state index < -0.39 is 5.60 Å². The SMILES string of the molecule is CN(C)C=Nc1nccc2c1n(-c1ccc(Oc3ccccc3)cc1)c(=O)n2C1CC(N(C)C(=O)OC(C)(C)C)C1. The van der Waals surface area contributed by atoms with E-state index in [9.17, 15) is 9.59 Å². The number of imidazole rings is 1. The Labute approximate surface area is 239 Å². The highest BCUT2D eigenvalue weighted by Gasteiger charge is 2.39. The Balaban J connectivity index is 1.50. The van der Waals surface area contributed by atoms with E-state index in [1.807, 2.05) is 100 Å². The van der Waals surface area contributed by atoms with Crippen LogP contribution in [0, 0.1) is 0 Å². The van der Waals surface area contributed by atoms with Crippen molar-refractivity contribution in [2.24, 2.45) is 4.99 Å². The van der Waals surface area contributed by atoms with Crippen molar-refractivity contribution in [3.8, 4) is 17.2 Å². The number of benzene rings is 2. The van der Waals surface area contributed by atoms with Gasteiger partial charge in [0.2, 0.25) is 0 Å². The first kappa shape index (κ1) is 27.9. The summed E-state index contributed by atoms with van der Waals surface area (Å²) in [6, 6.07) is 18.7. The molecule has 10 nitrogen and oxygen atoms in total. The highest BCUT2D eigenvalue weighted by atomic mass is 16.6. The molecule has 214 valence electrons. The van der Waals surface area contributed by atoms with Crippen molar-refractivity contribution in [1.29, 1.82) is 0 Å². The number of rotatable bonds is 7. The van der Waals surface area contributed by atoms with E-state index in [4.69, 9.17) is 9.47 Å². The van der Waals surface area contributed by atoms with Gasteiger partial charge in [-0.25, -0.2) is 19.6 Å². The number of ether oxygens (including phenoxy) is 2. The smallest absolute Gasteiger partial charge is 0.410 e. The molecule has 2 aromatic heterocycles. The Morgan fingerprint density at radius 2 is 1.66 bits per heavy atom. The topological polar surface area (TPSA) is 94.2 Å². The summed E-state index contributed by atoms with van der Waals surface area (Å²) in [6.45, 7) is 5.55. The maximum atomic E-state index is 14.1. The average molecular weight is 557 g/mol. The van der Waals surface area contributed by atoms with Crippen LogP contribution in [0.15, 0.2) is 76.6 Å². The maximum absolute atomic E-state index is 14.1. The lowest BCUT2D eigenvalue weighted by Crippen LogP contribution is -2.49. The lowest BCUT2D eigenvalue weighted by Gasteiger charge is -2.41. The van der Waals surface area contributed by atoms with Gasteiger partial charge in [0, 0.05) is 39.4 Å². The molecule has 1 amide bonds. The summed E-state index contributed by atoms with van der Waals surface area (Å²) in [5.41, 5.74) is 1.28. The minimum Gasteiger partial charge on any atom is -0.457 e. The molecule has 2 heterocycles. The number of para-hydroxylation sites is 1. The number of hydrogen-bond donors (Lipinski definition) is 0. The molecule has 0 saturated heterocycles.